The van der Waals surface area contributed by atoms with Crippen LogP contribution in [0.3, 0.4) is 0 Å². The van der Waals surface area contributed by atoms with Crippen LogP contribution in [0.15, 0.2) is 29.6 Å². The first-order valence-electron chi connectivity index (χ1n) is 4.76. The minimum Gasteiger partial charge on any atom is -0.390 e. The molecule has 3 heteroatoms. The molecule has 0 spiro atoms. The fraction of sp³-hybridized carbons (Fsp3) is 0.0833. The summed E-state index contributed by atoms with van der Waals surface area (Å²) in [4.78, 5) is 12.1. The van der Waals surface area contributed by atoms with Gasteiger partial charge in [0.15, 0.2) is 5.78 Å². The molecule has 0 radical (unpaired) electrons. The molecule has 2 aromatic rings. The lowest BCUT2D eigenvalue weighted by Crippen LogP contribution is -2.14. The van der Waals surface area contributed by atoms with E-state index in [2.05, 4.69) is 0 Å². The number of hydrogen-bond acceptors (Lipinski definition) is 3. The van der Waals surface area contributed by atoms with Crippen molar-refractivity contribution < 1.29 is 4.79 Å². The zero-order valence-corrected chi connectivity index (χ0v) is 8.80. The molecule has 0 fully saturated rings. The lowest BCUT2D eigenvalue weighted by atomic mass is 9.87. The van der Waals surface area contributed by atoms with Crippen molar-refractivity contribution in [2.45, 2.75) is 6.42 Å². The zero-order chi connectivity index (χ0) is 10.4. The molecular formula is C12H9NOS. The van der Waals surface area contributed by atoms with Crippen LogP contribution in [-0.2, 0) is 6.42 Å². The van der Waals surface area contributed by atoms with Gasteiger partial charge in [-0.15, -0.1) is 11.3 Å². The molecule has 3 rings (SSSR count). The molecule has 1 aromatic carbocycles. The SMILES string of the molecule is Nc1scc2c1C(=O)c1ccccc1C2. The minimum absolute atomic E-state index is 0.0746. The maximum absolute atomic E-state index is 12.1. The Bertz CT molecular complexity index is 556. The van der Waals surface area contributed by atoms with Crippen LogP contribution in [0.5, 0.6) is 0 Å². The number of hydrogen-bond donors (Lipinski definition) is 1. The predicted octanol–water partition coefficient (Wildman–Crippen LogP) is 2.47. The number of carbonyl (C=O) groups excluding carboxylic acids is 1. The average Bonchev–Trinajstić information content (AvgIpc) is 2.61. The number of nitrogen functional groups attached to an aromatic ring is 1. The molecule has 0 atom stereocenters. The third-order valence-electron chi connectivity index (χ3n) is 2.77. The second-order valence-electron chi connectivity index (χ2n) is 3.66. The Balaban J connectivity index is 2.26. The highest BCUT2D eigenvalue weighted by molar-refractivity contribution is 7.14. The summed E-state index contributed by atoms with van der Waals surface area (Å²) in [7, 11) is 0. The predicted molar refractivity (Wildman–Crippen MR) is 61.4 cm³/mol. The number of benzene rings is 1. The summed E-state index contributed by atoms with van der Waals surface area (Å²) in [6.45, 7) is 0. The molecule has 1 aliphatic carbocycles. The van der Waals surface area contributed by atoms with Gasteiger partial charge < -0.3 is 5.73 Å². The topological polar surface area (TPSA) is 43.1 Å². The summed E-state index contributed by atoms with van der Waals surface area (Å²) in [5.74, 6) is 0.0746. The van der Waals surface area contributed by atoms with Crippen molar-refractivity contribution in [2.75, 3.05) is 5.73 Å². The molecular weight excluding hydrogens is 206 g/mol. The Kier molecular flexibility index (Phi) is 1.70. The van der Waals surface area contributed by atoms with Gasteiger partial charge in [0.25, 0.3) is 0 Å². The van der Waals surface area contributed by atoms with E-state index in [0.29, 0.717) is 5.00 Å². The maximum atomic E-state index is 12.1. The summed E-state index contributed by atoms with van der Waals surface area (Å²) in [6.07, 6.45) is 0.824. The van der Waals surface area contributed by atoms with Crippen LogP contribution in [0, 0.1) is 0 Å². The molecule has 0 bridgehead atoms. The van der Waals surface area contributed by atoms with E-state index in [1.807, 2.05) is 29.6 Å². The standard InChI is InChI=1S/C12H9NOS/c13-12-10-8(6-15-12)5-7-3-1-2-4-9(7)11(10)14/h1-4,6H,5,13H2. The van der Waals surface area contributed by atoms with Gasteiger partial charge in [0, 0.05) is 5.56 Å². The number of nitrogens with two attached hydrogens (primary N) is 1. The van der Waals surface area contributed by atoms with Gasteiger partial charge in [0.05, 0.1) is 10.6 Å². The van der Waals surface area contributed by atoms with Gasteiger partial charge in [0.1, 0.15) is 0 Å². The van der Waals surface area contributed by atoms with Crippen molar-refractivity contribution in [3.05, 3.63) is 51.9 Å². The highest BCUT2D eigenvalue weighted by atomic mass is 32.1. The molecule has 74 valence electrons. The molecule has 2 nitrogen and oxygen atoms in total. The van der Waals surface area contributed by atoms with E-state index in [-0.39, 0.29) is 5.78 Å². The van der Waals surface area contributed by atoms with Crippen molar-refractivity contribution in [3.8, 4) is 0 Å². The third kappa shape index (κ3) is 1.13. The van der Waals surface area contributed by atoms with Crippen LogP contribution in [0.25, 0.3) is 0 Å². The molecule has 0 amide bonds. The Morgan fingerprint density at radius 1 is 1.20 bits per heavy atom. The largest absolute Gasteiger partial charge is 0.390 e. The van der Waals surface area contributed by atoms with Gasteiger partial charge in [-0.25, -0.2) is 0 Å². The summed E-state index contributed by atoms with van der Waals surface area (Å²) in [5, 5.41) is 2.63. The van der Waals surface area contributed by atoms with Crippen molar-refractivity contribution in [3.63, 3.8) is 0 Å². The van der Waals surface area contributed by atoms with E-state index in [9.17, 15) is 4.79 Å². The fourth-order valence-electron chi connectivity index (χ4n) is 2.03. The molecule has 0 unspecified atom stereocenters. The molecule has 2 N–H and O–H groups in total. The number of rotatable bonds is 0. The first-order valence-corrected chi connectivity index (χ1v) is 5.64. The van der Waals surface area contributed by atoms with Crippen LogP contribution in [0.2, 0.25) is 0 Å². The zero-order valence-electron chi connectivity index (χ0n) is 7.99. The Morgan fingerprint density at radius 2 is 2.00 bits per heavy atom. The molecule has 0 saturated heterocycles. The molecule has 1 aliphatic rings. The lowest BCUT2D eigenvalue weighted by Gasteiger charge is -2.15. The van der Waals surface area contributed by atoms with E-state index in [0.717, 1.165) is 28.7 Å². The minimum atomic E-state index is 0.0746. The second kappa shape index (κ2) is 2.94. The molecule has 15 heavy (non-hydrogen) atoms. The fourth-order valence-corrected chi connectivity index (χ4v) is 2.85. The number of thiophene rings is 1. The quantitative estimate of drug-likeness (QED) is 0.626. The van der Waals surface area contributed by atoms with Gasteiger partial charge in [-0.1, -0.05) is 24.3 Å². The molecule has 0 saturated carbocycles. The molecule has 1 aromatic heterocycles. The van der Waals surface area contributed by atoms with Crippen LogP contribution in [0.1, 0.15) is 27.0 Å². The van der Waals surface area contributed by atoms with Crippen LogP contribution in [-0.4, -0.2) is 5.78 Å². The Labute approximate surface area is 91.4 Å². The van der Waals surface area contributed by atoms with Crippen LogP contribution in [0.4, 0.5) is 5.00 Å². The van der Waals surface area contributed by atoms with Gasteiger partial charge in [0.2, 0.25) is 0 Å². The van der Waals surface area contributed by atoms with Gasteiger partial charge >= 0.3 is 0 Å². The van der Waals surface area contributed by atoms with Crippen molar-refractivity contribution in [2.24, 2.45) is 0 Å². The van der Waals surface area contributed by atoms with Crippen LogP contribution < -0.4 is 5.73 Å². The van der Waals surface area contributed by atoms with E-state index >= 15 is 0 Å². The molecule has 1 heterocycles. The highest BCUT2D eigenvalue weighted by Crippen LogP contribution is 2.34. The van der Waals surface area contributed by atoms with E-state index in [1.165, 1.54) is 11.3 Å². The number of fused-ring (bicyclic) bond motifs is 2. The smallest absolute Gasteiger partial charge is 0.196 e. The van der Waals surface area contributed by atoms with Gasteiger partial charge in [-0.2, -0.15) is 0 Å². The Hall–Kier alpha value is -1.61. The van der Waals surface area contributed by atoms with Crippen LogP contribution >= 0.6 is 11.3 Å². The first kappa shape index (κ1) is 8.68. The maximum Gasteiger partial charge on any atom is 0.196 e. The van der Waals surface area contributed by atoms with Crippen molar-refractivity contribution >= 4 is 22.1 Å². The monoisotopic (exact) mass is 215 g/mol. The second-order valence-corrected chi connectivity index (χ2v) is 4.57. The van der Waals surface area contributed by atoms with E-state index < -0.39 is 0 Å². The Morgan fingerprint density at radius 3 is 2.87 bits per heavy atom. The average molecular weight is 215 g/mol. The number of carbonyl (C=O) groups is 1. The number of ketones is 1. The van der Waals surface area contributed by atoms with Gasteiger partial charge in [-0.05, 0) is 22.9 Å². The summed E-state index contributed by atoms with van der Waals surface area (Å²) < 4.78 is 0. The summed E-state index contributed by atoms with van der Waals surface area (Å²) >= 11 is 1.45. The number of anilines is 1. The molecule has 0 aliphatic heterocycles. The lowest BCUT2D eigenvalue weighted by molar-refractivity contribution is 0.103. The normalized spacial score (nSPS) is 13.5. The third-order valence-corrected chi connectivity index (χ3v) is 3.63. The van der Waals surface area contributed by atoms with Gasteiger partial charge in [-0.3, -0.25) is 4.79 Å². The highest BCUT2D eigenvalue weighted by Gasteiger charge is 2.25. The summed E-state index contributed by atoms with van der Waals surface area (Å²) in [5.41, 5.74) is 9.50. The van der Waals surface area contributed by atoms with Crippen molar-refractivity contribution in [1.29, 1.82) is 0 Å². The van der Waals surface area contributed by atoms with E-state index in [4.69, 9.17) is 5.73 Å². The van der Waals surface area contributed by atoms with Crippen molar-refractivity contribution in [1.82, 2.24) is 0 Å². The van der Waals surface area contributed by atoms with E-state index in [1.54, 1.807) is 0 Å². The first-order chi connectivity index (χ1) is 7.27. The summed E-state index contributed by atoms with van der Waals surface area (Å²) in [6, 6.07) is 7.73.